The van der Waals surface area contributed by atoms with Crippen molar-refractivity contribution in [2.75, 3.05) is 6.79 Å². The van der Waals surface area contributed by atoms with Crippen LogP contribution in [0.1, 0.15) is 11.1 Å². The van der Waals surface area contributed by atoms with Crippen molar-refractivity contribution in [3.8, 4) is 11.5 Å². The van der Waals surface area contributed by atoms with E-state index in [2.05, 4.69) is 9.93 Å². The lowest BCUT2D eigenvalue weighted by Crippen LogP contribution is -2.20. The van der Waals surface area contributed by atoms with Crippen LogP contribution in [0.5, 0.6) is 11.5 Å². The van der Waals surface area contributed by atoms with Gasteiger partial charge in [-0.15, -0.1) is 0 Å². The van der Waals surface area contributed by atoms with Crippen LogP contribution in [0.4, 0.5) is 0 Å². The molecule has 0 saturated carbocycles. The van der Waals surface area contributed by atoms with E-state index in [9.17, 15) is 8.42 Å². The molecule has 0 spiro atoms. The highest BCUT2D eigenvalue weighted by molar-refractivity contribution is 7.88. The zero-order chi connectivity index (χ0) is 15.4. The van der Waals surface area contributed by atoms with Crippen molar-refractivity contribution in [1.82, 2.24) is 4.83 Å². The second kappa shape index (κ2) is 6.07. The smallest absolute Gasteiger partial charge is 0.251 e. The summed E-state index contributed by atoms with van der Waals surface area (Å²) in [5.41, 5.74) is 1.42. The molecule has 0 bridgehead atoms. The number of nitrogens with zero attached hydrogens (tertiary/aromatic N) is 1. The van der Waals surface area contributed by atoms with Gasteiger partial charge in [0, 0.05) is 0 Å². The topological polar surface area (TPSA) is 77.0 Å². The monoisotopic (exact) mass is 318 g/mol. The summed E-state index contributed by atoms with van der Waals surface area (Å²) in [6.45, 7) is 0.194. The van der Waals surface area contributed by atoms with Crippen LogP contribution in [0.15, 0.2) is 53.6 Å². The fraction of sp³-hybridized carbons (Fsp3) is 0.133. The minimum absolute atomic E-state index is 0.119. The van der Waals surface area contributed by atoms with Gasteiger partial charge in [-0.1, -0.05) is 30.3 Å². The third-order valence-corrected chi connectivity index (χ3v) is 4.10. The summed E-state index contributed by atoms with van der Waals surface area (Å²) in [6, 6.07) is 14.2. The van der Waals surface area contributed by atoms with Gasteiger partial charge in [0.2, 0.25) is 6.79 Å². The van der Waals surface area contributed by atoms with Crippen LogP contribution in [-0.2, 0) is 15.8 Å². The number of nitrogens with one attached hydrogen (secondary N) is 1. The first-order valence-electron chi connectivity index (χ1n) is 6.58. The second-order valence-electron chi connectivity index (χ2n) is 4.71. The molecule has 22 heavy (non-hydrogen) atoms. The molecule has 0 radical (unpaired) electrons. The van der Waals surface area contributed by atoms with E-state index in [1.54, 1.807) is 42.5 Å². The highest BCUT2D eigenvalue weighted by Crippen LogP contribution is 2.31. The van der Waals surface area contributed by atoms with Crippen LogP contribution in [-0.4, -0.2) is 21.4 Å². The molecular weight excluding hydrogens is 304 g/mol. The molecule has 0 aromatic heterocycles. The van der Waals surface area contributed by atoms with Gasteiger partial charge in [0.25, 0.3) is 10.0 Å². The Bertz CT molecular complexity index is 788. The molecule has 2 aromatic carbocycles. The van der Waals surface area contributed by atoms with Gasteiger partial charge in [-0.25, -0.2) is 13.2 Å². The van der Waals surface area contributed by atoms with Gasteiger partial charge in [-0.3, -0.25) is 0 Å². The molecule has 7 heteroatoms. The first-order valence-corrected chi connectivity index (χ1v) is 8.24. The van der Waals surface area contributed by atoms with Crippen LogP contribution < -0.4 is 14.3 Å². The molecule has 114 valence electrons. The number of ether oxygens (including phenoxy) is 2. The summed E-state index contributed by atoms with van der Waals surface area (Å²) < 4.78 is 34.3. The van der Waals surface area contributed by atoms with Gasteiger partial charge in [-0.2, -0.15) is 5.10 Å². The Morgan fingerprint density at radius 2 is 1.86 bits per heavy atom. The van der Waals surface area contributed by atoms with Gasteiger partial charge >= 0.3 is 0 Å². The molecule has 3 rings (SSSR count). The zero-order valence-electron chi connectivity index (χ0n) is 11.6. The summed E-state index contributed by atoms with van der Waals surface area (Å²) in [7, 11) is -3.52. The van der Waals surface area contributed by atoms with Crippen molar-refractivity contribution in [3.63, 3.8) is 0 Å². The normalized spacial score (nSPS) is 13.5. The fourth-order valence-corrected chi connectivity index (χ4v) is 2.91. The molecule has 0 unspecified atom stereocenters. The lowest BCUT2D eigenvalue weighted by Gasteiger charge is -2.03. The number of benzene rings is 2. The number of sulfonamides is 1. The molecule has 0 atom stereocenters. The summed E-state index contributed by atoms with van der Waals surface area (Å²) in [6.07, 6.45) is 1.42. The predicted molar refractivity (Wildman–Crippen MR) is 82.4 cm³/mol. The van der Waals surface area contributed by atoms with Gasteiger partial charge in [-0.05, 0) is 29.3 Å². The number of rotatable bonds is 5. The van der Waals surface area contributed by atoms with Gasteiger partial charge in [0.1, 0.15) is 0 Å². The lowest BCUT2D eigenvalue weighted by atomic mass is 10.2. The lowest BCUT2D eigenvalue weighted by molar-refractivity contribution is 0.174. The van der Waals surface area contributed by atoms with E-state index in [1.807, 2.05) is 6.07 Å². The third-order valence-electron chi connectivity index (χ3n) is 3.00. The maximum Gasteiger partial charge on any atom is 0.251 e. The SMILES string of the molecule is O=S(=O)(Cc1ccccc1)N/N=C/c1ccc2c(c1)OCO2. The van der Waals surface area contributed by atoms with Crippen LogP contribution in [0, 0.1) is 0 Å². The van der Waals surface area contributed by atoms with E-state index >= 15 is 0 Å². The Labute approximate surface area is 128 Å². The average Bonchev–Trinajstić information content (AvgIpc) is 2.95. The quantitative estimate of drug-likeness (QED) is 0.674. The largest absolute Gasteiger partial charge is 0.454 e. The summed E-state index contributed by atoms with van der Waals surface area (Å²) >= 11 is 0. The van der Waals surface area contributed by atoms with Crippen molar-refractivity contribution in [3.05, 3.63) is 59.7 Å². The Morgan fingerprint density at radius 1 is 1.09 bits per heavy atom. The Kier molecular flexibility index (Phi) is 3.97. The highest BCUT2D eigenvalue weighted by Gasteiger charge is 2.13. The Balaban J connectivity index is 1.64. The van der Waals surface area contributed by atoms with Crippen molar-refractivity contribution in [1.29, 1.82) is 0 Å². The number of hydrazone groups is 1. The Hall–Kier alpha value is -2.54. The maximum absolute atomic E-state index is 11.9. The van der Waals surface area contributed by atoms with Crippen LogP contribution in [0.3, 0.4) is 0 Å². The van der Waals surface area contributed by atoms with Crippen molar-refractivity contribution in [2.24, 2.45) is 5.10 Å². The summed E-state index contributed by atoms with van der Waals surface area (Å²) in [5.74, 6) is 1.17. The van der Waals surface area contributed by atoms with Crippen molar-refractivity contribution >= 4 is 16.2 Å². The zero-order valence-corrected chi connectivity index (χ0v) is 12.4. The van der Waals surface area contributed by atoms with Crippen LogP contribution in [0.2, 0.25) is 0 Å². The Morgan fingerprint density at radius 3 is 2.68 bits per heavy atom. The molecule has 1 heterocycles. The first kappa shape index (κ1) is 14.4. The predicted octanol–water partition coefficient (Wildman–Crippen LogP) is 1.87. The van der Waals surface area contributed by atoms with Crippen LogP contribution >= 0.6 is 0 Å². The van der Waals surface area contributed by atoms with E-state index in [4.69, 9.17) is 9.47 Å². The number of hydrogen-bond donors (Lipinski definition) is 1. The molecule has 1 N–H and O–H groups in total. The highest BCUT2D eigenvalue weighted by atomic mass is 32.2. The van der Waals surface area contributed by atoms with E-state index in [0.717, 1.165) is 0 Å². The number of hydrogen-bond acceptors (Lipinski definition) is 5. The molecular formula is C15H14N2O4S. The standard InChI is InChI=1S/C15H14N2O4S/c18-22(19,10-12-4-2-1-3-5-12)17-16-9-13-6-7-14-15(8-13)21-11-20-14/h1-9,17H,10-11H2/b16-9+. The molecule has 1 aliphatic heterocycles. The minimum Gasteiger partial charge on any atom is -0.454 e. The molecule has 0 fully saturated rings. The molecule has 0 aliphatic carbocycles. The van der Waals surface area contributed by atoms with Crippen molar-refractivity contribution < 1.29 is 17.9 Å². The van der Waals surface area contributed by atoms with Gasteiger partial charge < -0.3 is 9.47 Å². The summed E-state index contributed by atoms with van der Waals surface area (Å²) in [4.78, 5) is 2.19. The molecule has 2 aromatic rings. The molecule has 0 amide bonds. The van der Waals surface area contributed by atoms with E-state index in [1.165, 1.54) is 6.21 Å². The third kappa shape index (κ3) is 3.56. The summed E-state index contributed by atoms with van der Waals surface area (Å²) in [5, 5.41) is 3.78. The average molecular weight is 318 g/mol. The first-order chi connectivity index (χ1) is 10.6. The van der Waals surface area contributed by atoms with E-state index in [0.29, 0.717) is 22.6 Å². The fourth-order valence-electron chi connectivity index (χ4n) is 2.00. The minimum atomic E-state index is -3.52. The second-order valence-corrected chi connectivity index (χ2v) is 6.41. The molecule has 1 aliphatic rings. The maximum atomic E-state index is 11.9. The van der Waals surface area contributed by atoms with E-state index < -0.39 is 10.0 Å². The van der Waals surface area contributed by atoms with E-state index in [-0.39, 0.29) is 12.5 Å². The van der Waals surface area contributed by atoms with Crippen LogP contribution in [0.25, 0.3) is 0 Å². The van der Waals surface area contributed by atoms with Crippen molar-refractivity contribution in [2.45, 2.75) is 5.75 Å². The molecule has 6 nitrogen and oxygen atoms in total. The van der Waals surface area contributed by atoms with Gasteiger partial charge in [0.05, 0.1) is 12.0 Å². The van der Waals surface area contributed by atoms with Gasteiger partial charge in [0.15, 0.2) is 11.5 Å². The molecule has 0 saturated heterocycles. The number of fused-ring (bicyclic) bond motifs is 1.